The third-order valence-electron chi connectivity index (χ3n) is 3.13. The molecule has 2 aliphatic rings. The van der Waals surface area contributed by atoms with Crippen molar-refractivity contribution in [1.29, 1.82) is 0 Å². The molecule has 0 nitrogen and oxygen atoms in total. The van der Waals surface area contributed by atoms with E-state index in [2.05, 4.69) is 50.3 Å². The van der Waals surface area contributed by atoms with Crippen molar-refractivity contribution in [2.24, 2.45) is 0 Å². The van der Waals surface area contributed by atoms with Crippen molar-refractivity contribution in [2.45, 2.75) is 65.2 Å². The summed E-state index contributed by atoms with van der Waals surface area (Å²) in [6.07, 6.45) is 25.1. The summed E-state index contributed by atoms with van der Waals surface area (Å²) in [6, 6.07) is 0. The van der Waals surface area contributed by atoms with E-state index in [9.17, 15) is 0 Å². The molecule has 0 saturated carbocycles. The van der Waals surface area contributed by atoms with Crippen molar-refractivity contribution in [3.8, 4) is 0 Å². The Balaban J connectivity index is -0.000000270. The van der Waals surface area contributed by atoms with Gasteiger partial charge in [0.1, 0.15) is 0 Å². The monoisotopic (exact) mass is 362 g/mol. The summed E-state index contributed by atoms with van der Waals surface area (Å²) in [5.74, 6) is 0. The summed E-state index contributed by atoms with van der Waals surface area (Å²) >= 11 is 0. The van der Waals surface area contributed by atoms with E-state index < -0.39 is 0 Å². The SMILES string of the molecule is CCCCC1=[C-]CC=C1.CCCCC1=[C-]CC=C1.[CH3-].[CH3-].[Zr+4]. The maximum Gasteiger partial charge on any atom is 4.00 e. The van der Waals surface area contributed by atoms with Crippen molar-refractivity contribution in [3.63, 3.8) is 0 Å². The summed E-state index contributed by atoms with van der Waals surface area (Å²) in [4.78, 5) is 0. The molecule has 0 saturated heterocycles. The molecule has 0 atom stereocenters. The molecule has 0 unspecified atom stereocenters. The molecule has 21 heavy (non-hydrogen) atoms. The van der Waals surface area contributed by atoms with Gasteiger partial charge in [0.05, 0.1) is 0 Å². The van der Waals surface area contributed by atoms with E-state index in [1.54, 1.807) is 0 Å². The van der Waals surface area contributed by atoms with Crippen LogP contribution in [0, 0.1) is 27.0 Å². The summed E-state index contributed by atoms with van der Waals surface area (Å²) in [7, 11) is 0. The number of unbranched alkanes of at least 4 members (excludes halogenated alkanes) is 2. The Morgan fingerprint density at radius 2 is 1.19 bits per heavy atom. The van der Waals surface area contributed by atoms with Crippen LogP contribution in [0.25, 0.3) is 0 Å². The molecular formula is C20H32Zr. The first-order valence-electron chi connectivity index (χ1n) is 7.39. The fraction of sp³-hybridized carbons (Fsp3) is 0.500. The first-order valence-corrected chi connectivity index (χ1v) is 7.39. The van der Waals surface area contributed by atoms with Crippen LogP contribution < -0.4 is 0 Å². The maximum atomic E-state index is 3.30. The second kappa shape index (κ2) is 17.9. The third kappa shape index (κ3) is 13.2. The van der Waals surface area contributed by atoms with Gasteiger partial charge in [0.25, 0.3) is 0 Å². The van der Waals surface area contributed by atoms with Crippen molar-refractivity contribution in [2.75, 3.05) is 0 Å². The zero-order valence-corrected chi connectivity index (χ0v) is 16.9. The van der Waals surface area contributed by atoms with Crippen molar-refractivity contribution in [1.82, 2.24) is 0 Å². The molecule has 0 aliphatic heterocycles. The smallest absolute Gasteiger partial charge is 0.358 e. The largest absolute Gasteiger partial charge is 4.00 e. The minimum absolute atomic E-state index is 0. The molecular weight excluding hydrogens is 331 g/mol. The molecule has 116 valence electrons. The molecule has 2 aliphatic carbocycles. The molecule has 0 aromatic rings. The number of allylic oxidation sites excluding steroid dienone is 8. The van der Waals surface area contributed by atoms with Gasteiger partial charge in [-0.1, -0.05) is 52.4 Å². The van der Waals surface area contributed by atoms with E-state index in [-0.39, 0.29) is 41.1 Å². The topological polar surface area (TPSA) is 0 Å². The van der Waals surface area contributed by atoms with Crippen LogP contribution >= 0.6 is 0 Å². The van der Waals surface area contributed by atoms with Crippen molar-refractivity contribution >= 4 is 0 Å². The summed E-state index contributed by atoms with van der Waals surface area (Å²) < 4.78 is 0. The number of rotatable bonds is 6. The Labute approximate surface area is 153 Å². The van der Waals surface area contributed by atoms with Crippen molar-refractivity contribution in [3.05, 3.63) is 62.5 Å². The van der Waals surface area contributed by atoms with Gasteiger partial charge in [-0.05, 0) is 0 Å². The van der Waals surface area contributed by atoms with Gasteiger partial charge in [0, 0.05) is 0 Å². The second-order valence-corrected chi connectivity index (χ2v) is 4.82. The molecule has 1 heteroatoms. The van der Waals surface area contributed by atoms with Crippen LogP contribution in [0.15, 0.2) is 35.5 Å². The zero-order valence-electron chi connectivity index (χ0n) is 14.5. The summed E-state index contributed by atoms with van der Waals surface area (Å²) in [5.41, 5.74) is 2.83. The van der Waals surface area contributed by atoms with E-state index in [4.69, 9.17) is 0 Å². The molecule has 0 radical (unpaired) electrons. The number of hydrogen-bond donors (Lipinski definition) is 0. The van der Waals surface area contributed by atoms with Gasteiger partial charge in [0.15, 0.2) is 0 Å². The Kier molecular flexibility index (Phi) is 22.0. The molecule has 0 aromatic carbocycles. The van der Waals surface area contributed by atoms with E-state index in [1.807, 2.05) is 0 Å². The van der Waals surface area contributed by atoms with E-state index in [0.717, 1.165) is 12.8 Å². The van der Waals surface area contributed by atoms with Gasteiger partial charge < -0.3 is 14.9 Å². The minimum Gasteiger partial charge on any atom is -0.358 e. The Morgan fingerprint density at radius 1 is 0.810 bits per heavy atom. The van der Waals surface area contributed by atoms with Gasteiger partial charge in [-0.3, -0.25) is 12.2 Å². The standard InChI is InChI=1S/2C9H13.2CH3.Zr/c2*1-2-3-6-9-7-4-5-8-9;;;/h2*4,7H,2-3,5-6H2,1H3;2*1H3;/q4*-1;+4. The second-order valence-electron chi connectivity index (χ2n) is 4.82. The molecule has 0 fully saturated rings. The van der Waals surface area contributed by atoms with Crippen LogP contribution in [-0.4, -0.2) is 0 Å². The molecule has 0 bridgehead atoms. The maximum absolute atomic E-state index is 3.30. The summed E-state index contributed by atoms with van der Waals surface area (Å²) in [5, 5.41) is 0. The zero-order chi connectivity index (χ0) is 13.1. The molecule has 0 spiro atoms. The van der Waals surface area contributed by atoms with E-state index in [0.29, 0.717) is 0 Å². The number of hydrogen-bond acceptors (Lipinski definition) is 0. The van der Waals surface area contributed by atoms with Gasteiger partial charge in [-0.2, -0.15) is 12.2 Å². The average molecular weight is 364 g/mol. The molecule has 0 heterocycles. The van der Waals surface area contributed by atoms with Crippen molar-refractivity contribution < 1.29 is 26.2 Å². The first-order chi connectivity index (χ1) is 8.86. The molecule has 0 aromatic heterocycles. The van der Waals surface area contributed by atoms with Crippen LogP contribution in [-0.2, 0) is 26.2 Å². The normalized spacial score (nSPS) is 14.0. The molecule has 2 rings (SSSR count). The summed E-state index contributed by atoms with van der Waals surface area (Å²) in [6.45, 7) is 4.44. The van der Waals surface area contributed by atoms with Crippen LogP contribution in [0.4, 0.5) is 0 Å². The van der Waals surface area contributed by atoms with Crippen LogP contribution in [0.2, 0.25) is 0 Å². The van der Waals surface area contributed by atoms with Gasteiger partial charge in [-0.25, -0.2) is 23.3 Å². The Bertz CT molecular complexity index is 298. The Hall–Kier alpha value is -0.157. The van der Waals surface area contributed by atoms with Crippen LogP contribution in [0.1, 0.15) is 65.2 Å². The van der Waals surface area contributed by atoms with Gasteiger partial charge in [0.2, 0.25) is 0 Å². The fourth-order valence-corrected chi connectivity index (χ4v) is 1.98. The predicted molar refractivity (Wildman–Crippen MR) is 92.9 cm³/mol. The van der Waals surface area contributed by atoms with E-state index >= 15 is 0 Å². The minimum atomic E-state index is 0. The quantitative estimate of drug-likeness (QED) is 0.464. The molecule has 0 amide bonds. The molecule has 0 N–H and O–H groups in total. The average Bonchev–Trinajstić information content (AvgIpc) is 3.07. The Morgan fingerprint density at radius 3 is 1.43 bits per heavy atom. The van der Waals surface area contributed by atoms with Crippen LogP contribution in [0.5, 0.6) is 0 Å². The predicted octanol–water partition coefficient (Wildman–Crippen LogP) is 6.63. The van der Waals surface area contributed by atoms with E-state index in [1.165, 1.54) is 49.7 Å². The van der Waals surface area contributed by atoms with Crippen LogP contribution in [0.3, 0.4) is 0 Å². The fourth-order valence-electron chi connectivity index (χ4n) is 1.98. The van der Waals surface area contributed by atoms with Gasteiger partial charge >= 0.3 is 26.2 Å². The van der Waals surface area contributed by atoms with Gasteiger partial charge in [-0.15, -0.1) is 12.8 Å². The third-order valence-corrected chi connectivity index (χ3v) is 3.13. The first kappa shape index (κ1) is 25.8.